The minimum Gasteiger partial charge on any atom is -0.481 e. The number of carboxylic acids is 1. The zero-order valence-corrected chi connectivity index (χ0v) is 15.5. The van der Waals surface area contributed by atoms with Gasteiger partial charge in [0, 0.05) is 29.2 Å². The van der Waals surface area contributed by atoms with E-state index in [-0.39, 0.29) is 24.8 Å². The lowest BCUT2D eigenvalue weighted by Crippen LogP contribution is -2.25. The summed E-state index contributed by atoms with van der Waals surface area (Å²) in [4.78, 5) is 34.3. The second-order valence-corrected chi connectivity index (χ2v) is 6.44. The molecule has 0 aliphatic heterocycles. The second kappa shape index (κ2) is 10.3. The monoisotopic (exact) mass is 388 g/mol. The molecular weight excluding hydrogens is 368 g/mol. The van der Waals surface area contributed by atoms with Crippen LogP contribution in [-0.4, -0.2) is 29.4 Å². The summed E-state index contributed by atoms with van der Waals surface area (Å²) in [5, 5.41) is 14.6. The van der Waals surface area contributed by atoms with Crippen LogP contribution in [0.3, 0.4) is 0 Å². The van der Waals surface area contributed by atoms with Crippen LogP contribution >= 0.6 is 11.6 Å². The molecule has 2 rings (SSSR count). The van der Waals surface area contributed by atoms with Crippen molar-refractivity contribution < 1.29 is 19.5 Å². The van der Waals surface area contributed by atoms with E-state index in [1.165, 1.54) is 0 Å². The van der Waals surface area contributed by atoms with Crippen molar-refractivity contribution in [2.45, 2.75) is 25.7 Å². The number of amides is 2. The Hall–Kier alpha value is -2.86. The van der Waals surface area contributed by atoms with Crippen LogP contribution < -0.4 is 10.6 Å². The lowest BCUT2D eigenvalue weighted by Gasteiger charge is -2.07. The minimum absolute atomic E-state index is 0.0697. The number of halogens is 1. The number of nitrogens with one attached hydrogen (secondary N) is 2. The summed E-state index contributed by atoms with van der Waals surface area (Å²) in [5.41, 5.74) is 2.14. The highest BCUT2D eigenvalue weighted by Gasteiger charge is 2.07. The van der Waals surface area contributed by atoms with E-state index in [9.17, 15) is 14.4 Å². The molecule has 0 aromatic heterocycles. The summed E-state index contributed by atoms with van der Waals surface area (Å²) in [6, 6.07) is 14.0. The predicted molar refractivity (Wildman–Crippen MR) is 104 cm³/mol. The van der Waals surface area contributed by atoms with Crippen molar-refractivity contribution >= 4 is 35.1 Å². The zero-order valence-electron chi connectivity index (χ0n) is 14.7. The lowest BCUT2D eigenvalue weighted by molar-refractivity contribution is -0.136. The first-order valence-electron chi connectivity index (χ1n) is 8.58. The Bertz CT molecular complexity index is 789. The van der Waals surface area contributed by atoms with Gasteiger partial charge in [0.1, 0.15) is 0 Å². The van der Waals surface area contributed by atoms with Crippen LogP contribution in [0.25, 0.3) is 0 Å². The number of hydrogen-bond acceptors (Lipinski definition) is 3. The van der Waals surface area contributed by atoms with Crippen molar-refractivity contribution in [3.8, 4) is 0 Å². The Morgan fingerprint density at radius 1 is 0.926 bits per heavy atom. The molecular formula is C20H21ClN2O4. The predicted octanol–water partition coefficient (Wildman–Crippen LogP) is 3.51. The molecule has 0 aliphatic carbocycles. The Morgan fingerprint density at radius 2 is 1.59 bits per heavy atom. The Morgan fingerprint density at radius 3 is 2.22 bits per heavy atom. The van der Waals surface area contributed by atoms with E-state index < -0.39 is 5.97 Å². The molecule has 7 heteroatoms. The number of aryl methyl sites for hydroxylation is 1. The van der Waals surface area contributed by atoms with Gasteiger partial charge in [0.2, 0.25) is 5.91 Å². The molecule has 0 heterocycles. The van der Waals surface area contributed by atoms with Crippen molar-refractivity contribution in [1.82, 2.24) is 5.32 Å². The number of benzene rings is 2. The molecule has 0 radical (unpaired) electrons. The third-order valence-electron chi connectivity index (χ3n) is 3.84. The summed E-state index contributed by atoms with van der Waals surface area (Å²) < 4.78 is 0. The average Bonchev–Trinajstić information content (AvgIpc) is 2.63. The Balaban J connectivity index is 1.74. The molecule has 0 saturated carbocycles. The first kappa shape index (κ1) is 20.5. The van der Waals surface area contributed by atoms with Crippen molar-refractivity contribution in [3.05, 3.63) is 64.7 Å². The molecule has 0 saturated heterocycles. The lowest BCUT2D eigenvalue weighted by atomic mass is 10.1. The zero-order chi connectivity index (χ0) is 19.6. The Kier molecular flexibility index (Phi) is 7.82. The van der Waals surface area contributed by atoms with Gasteiger partial charge >= 0.3 is 5.97 Å². The van der Waals surface area contributed by atoms with E-state index in [1.54, 1.807) is 24.3 Å². The average molecular weight is 389 g/mol. The summed E-state index contributed by atoms with van der Waals surface area (Å²) in [6.45, 7) is 0.0697. The maximum Gasteiger partial charge on any atom is 0.305 e. The number of carbonyl (C=O) groups is 3. The molecule has 2 aromatic carbocycles. The number of hydrogen-bond donors (Lipinski definition) is 3. The molecule has 2 amide bonds. The maximum absolute atomic E-state index is 12.0. The van der Waals surface area contributed by atoms with E-state index in [0.29, 0.717) is 22.7 Å². The highest BCUT2D eigenvalue weighted by atomic mass is 35.5. The topological polar surface area (TPSA) is 95.5 Å². The molecule has 142 valence electrons. The van der Waals surface area contributed by atoms with Gasteiger partial charge < -0.3 is 15.7 Å². The van der Waals surface area contributed by atoms with Crippen molar-refractivity contribution in [3.63, 3.8) is 0 Å². The van der Waals surface area contributed by atoms with Crippen LogP contribution in [0.2, 0.25) is 5.02 Å². The van der Waals surface area contributed by atoms with Crippen LogP contribution in [0.15, 0.2) is 48.5 Å². The quantitative estimate of drug-likeness (QED) is 0.612. The molecule has 0 spiro atoms. The third kappa shape index (κ3) is 7.50. The summed E-state index contributed by atoms with van der Waals surface area (Å²) in [6.07, 6.45) is 1.77. The SMILES string of the molecule is O=C(O)CCNC(=O)c1ccc(NC(=O)CCCc2ccc(Cl)cc2)cc1. The van der Waals surface area contributed by atoms with Gasteiger partial charge in [-0.15, -0.1) is 0 Å². The van der Waals surface area contributed by atoms with E-state index in [4.69, 9.17) is 16.7 Å². The first-order valence-corrected chi connectivity index (χ1v) is 8.96. The molecule has 6 nitrogen and oxygen atoms in total. The maximum atomic E-state index is 12.0. The van der Waals surface area contributed by atoms with Gasteiger partial charge in [-0.2, -0.15) is 0 Å². The van der Waals surface area contributed by atoms with E-state index in [1.807, 2.05) is 24.3 Å². The van der Waals surface area contributed by atoms with Gasteiger partial charge in [-0.3, -0.25) is 14.4 Å². The molecule has 0 unspecified atom stereocenters. The fourth-order valence-electron chi connectivity index (χ4n) is 2.42. The van der Waals surface area contributed by atoms with Gasteiger partial charge in [0.15, 0.2) is 0 Å². The minimum atomic E-state index is -0.968. The normalized spacial score (nSPS) is 10.3. The van der Waals surface area contributed by atoms with Gasteiger partial charge in [-0.1, -0.05) is 23.7 Å². The van der Waals surface area contributed by atoms with E-state index >= 15 is 0 Å². The first-order chi connectivity index (χ1) is 12.9. The Labute approximate surface area is 162 Å². The summed E-state index contributed by atoms with van der Waals surface area (Å²) in [7, 11) is 0. The fraction of sp³-hybridized carbons (Fsp3) is 0.250. The van der Waals surface area contributed by atoms with Gasteiger partial charge in [0.05, 0.1) is 6.42 Å². The van der Waals surface area contributed by atoms with Gasteiger partial charge in [-0.25, -0.2) is 0 Å². The standard InChI is InChI=1S/C20H21ClN2O4/c21-16-8-4-14(5-9-16)2-1-3-18(24)23-17-10-6-15(7-11-17)20(27)22-13-12-19(25)26/h4-11H,1-3,12-13H2,(H,22,27)(H,23,24)(H,25,26). The van der Waals surface area contributed by atoms with Crippen molar-refractivity contribution in [2.75, 3.05) is 11.9 Å². The molecule has 3 N–H and O–H groups in total. The molecule has 0 bridgehead atoms. The van der Waals surface area contributed by atoms with Crippen molar-refractivity contribution in [2.24, 2.45) is 0 Å². The van der Waals surface area contributed by atoms with Crippen LogP contribution in [-0.2, 0) is 16.0 Å². The van der Waals surface area contributed by atoms with Gasteiger partial charge in [-0.05, 0) is 54.8 Å². The molecule has 0 atom stereocenters. The second-order valence-electron chi connectivity index (χ2n) is 6.01. The van der Waals surface area contributed by atoms with E-state index in [2.05, 4.69) is 10.6 Å². The number of aliphatic carboxylic acids is 1. The highest BCUT2D eigenvalue weighted by molar-refractivity contribution is 6.30. The summed E-state index contributed by atoms with van der Waals surface area (Å²) >= 11 is 5.84. The van der Waals surface area contributed by atoms with Crippen LogP contribution in [0, 0.1) is 0 Å². The number of rotatable bonds is 9. The summed E-state index contributed by atoms with van der Waals surface area (Å²) in [5.74, 6) is -1.41. The smallest absolute Gasteiger partial charge is 0.305 e. The van der Waals surface area contributed by atoms with E-state index in [0.717, 1.165) is 18.4 Å². The van der Waals surface area contributed by atoms with Crippen molar-refractivity contribution in [1.29, 1.82) is 0 Å². The fourth-order valence-corrected chi connectivity index (χ4v) is 2.54. The third-order valence-corrected chi connectivity index (χ3v) is 4.09. The number of carbonyl (C=O) groups excluding carboxylic acids is 2. The number of anilines is 1. The van der Waals surface area contributed by atoms with Crippen LogP contribution in [0.4, 0.5) is 5.69 Å². The van der Waals surface area contributed by atoms with Crippen LogP contribution in [0.1, 0.15) is 35.2 Å². The molecule has 0 aliphatic rings. The molecule has 0 fully saturated rings. The number of carboxylic acid groups (broad SMARTS) is 1. The highest BCUT2D eigenvalue weighted by Crippen LogP contribution is 2.13. The molecule has 27 heavy (non-hydrogen) atoms. The largest absolute Gasteiger partial charge is 0.481 e. The van der Waals surface area contributed by atoms with Gasteiger partial charge in [0.25, 0.3) is 5.91 Å². The molecule has 2 aromatic rings. The van der Waals surface area contributed by atoms with Crippen LogP contribution in [0.5, 0.6) is 0 Å².